The van der Waals surface area contributed by atoms with Crippen LogP contribution in [0.2, 0.25) is 0 Å². The Hall–Kier alpha value is -2.37. The van der Waals surface area contributed by atoms with Gasteiger partial charge < -0.3 is 10.1 Å². The van der Waals surface area contributed by atoms with Crippen molar-refractivity contribution >= 4 is 22.6 Å². The summed E-state index contributed by atoms with van der Waals surface area (Å²) in [5.41, 5.74) is 1.18. The van der Waals surface area contributed by atoms with Crippen LogP contribution < -0.4 is 0 Å². The molecule has 2 N–H and O–H groups in total. The number of nitrogens with zero attached hydrogens (tertiary/aromatic N) is 1. The van der Waals surface area contributed by atoms with E-state index in [1.807, 2.05) is 0 Å². The molecule has 0 spiro atoms. The monoisotopic (exact) mass is 220 g/mol. The normalized spacial score (nSPS) is 10.5. The Morgan fingerprint density at radius 1 is 1.50 bits per heavy atom. The van der Waals surface area contributed by atoms with Gasteiger partial charge in [0.1, 0.15) is 0 Å². The predicted octanol–water partition coefficient (Wildman–Crippen LogP) is 1.70. The lowest BCUT2D eigenvalue weighted by Crippen LogP contribution is -1.99. The second kappa shape index (κ2) is 3.65. The highest BCUT2D eigenvalue weighted by Crippen LogP contribution is 2.25. The summed E-state index contributed by atoms with van der Waals surface area (Å²) in [4.78, 5) is 23.4. The predicted molar refractivity (Wildman–Crippen MR) is 56.3 cm³/mol. The van der Waals surface area contributed by atoms with Crippen LogP contribution in [-0.4, -0.2) is 21.0 Å². The molecule has 1 aromatic carbocycles. The molecule has 0 aliphatic rings. The van der Waals surface area contributed by atoms with E-state index in [0.717, 1.165) is 0 Å². The van der Waals surface area contributed by atoms with Crippen LogP contribution in [0.15, 0.2) is 24.4 Å². The summed E-state index contributed by atoms with van der Waals surface area (Å²) in [5.74, 6) is -0.930. The minimum atomic E-state index is -0.930. The number of hydrogen-bond acceptors (Lipinski definition) is 3. The third-order valence-corrected chi connectivity index (χ3v) is 2.28. The first-order chi connectivity index (χ1) is 7.58. The fourth-order valence-electron chi connectivity index (χ4n) is 1.59. The number of H-pyrrole nitrogens is 1. The molecule has 0 fully saturated rings. The van der Waals surface area contributed by atoms with E-state index < -0.39 is 10.9 Å². The number of carboxylic acid groups (broad SMARTS) is 1. The van der Waals surface area contributed by atoms with Gasteiger partial charge in [-0.3, -0.25) is 14.9 Å². The summed E-state index contributed by atoms with van der Waals surface area (Å²) in [6.45, 7) is 0. The number of benzene rings is 1. The fourth-order valence-corrected chi connectivity index (χ4v) is 1.59. The van der Waals surface area contributed by atoms with Crippen LogP contribution >= 0.6 is 0 Å². The van der Waals surface area contributed by atoms with Crippen LogP contribution in [0.5, 0.6) is 0 Å². The second-order valence-corrected chi connectivity index (χ2v) is 3.38. The molecule has 0 unspecified atom stereocenters. The fraction of sp³-hybridized carbons (Fsp3) is 0.100. The third-order valence-electron chi connectivity index (χ3n) is 2.28. The number of carbonyl (C=O) groups is 1. The number of carboxylic acids is 1. The molecule has 0 atom stereocenters. The van der Waals surface area contributed by atoms with E-state index in [9.17, 15) is 14.9 Å². The van der Waals surface area contributed by atoms with Crippen LogP contribution in [0, 0.1) is 10.1 Å². The molecular weight excluding hydrogens is 212 g/mol. The minimum absolute atomic E-state index is 0.00289. The SMILES string of the molecule is O=C(O)Cc1ccc2c([N+](=O)[O-])c[nH]c2c1. The van der Waals surface area contributed by atoms with Crippen molar-refractivity contribution in [3.63, 3.8) is 0 Å². The van der Waals surface area contributed by atoms with Crippen LogP contribution in [0.1, 0.15) is 5.56 Å². The quantitative estimate of drug-likeness (QED) is 0.607. The maximum Gasteiger partial charge on any atom is 0.307 e. The molecule has 0 saturated carbocycles. The summed E-state index contributed by atoms with van der Waals surface area (Å²) >= 11 is 0. The highest BCUT2D eigenvalue weighted by Gasteiger charge is 2.13. The average Bonchev–Trinajstić information content (AvgIpc) is 2.59. The number of aliphatic carboxylic acids is 1. The van der Waals surface area contributed by atoms with Crippen molar-refractivity contribution in [2.45, 2.75) is 6.42 Å². The Bertz CT molecular complexity index is 573. The van der Waals surface area contributed by atoms with E-state index in [1.54, 1.807) is 18.2 Å². The lowest BCUT2D eigenvalue weighted by atomic mass is 10.1. The number of aromatic amines is 1. The van der Waals surface area contributed by atoms with Gasteiger partial charge in [0.05, 0.1) is 28.4 Å². The number of nitrogens with one attached hydrogen (secondary N) is 1. The number of hydrogen-bond donors (Lipinski definition) is 2. The molecule has 0 aliphatic heterocycles. The molecule has 2 aromatic rings. The zero-order chi connectivity index (χ0) is 11.7. The van der Waals surface area contributed by atoms with Crippen molar-refractivity contribution in [3.05, 3.63) is 40.1 Å². The highest BCUT2D eigenvalue weighted by atomic mass is 16.6. The second-order valence-electron chi connectivity index (χ2n) is 3.38. The van der Waals surface area contributed by atoms with Crippen molar-refractivity contribution in [2.24, 2.45) is 0 Å². The molecule has 16 heavy (non-hydrogen) atoms. The average molecular weight is 220 g/mol. The van der Waals surface area contributed by atoms with Gasteiger partial charge >= 0.3 is 5.97 Å². The van der Waals surface area contributed by atoms with Crippen LogP contribution in [0.4, 0.5) is 5.69 Å². The van der Waals surface area contributed by atoms with Crippen molar-refractivity contribution < 1.29 is 14.8 Å². The van der Waals surface area contributed by atoms with Crippen LogP contribution in [0.3, 0.4) is 0 Å². The Labute approximate surface area is 89.7 Å². The van der Waals surface area contributed by atoms with Gasteiger partial charge in [-0.25, -0.2) is 0 Å². The molecule has 0 aliphatic carbocycles. The third kappa shape index (κ3) is 1.72. The number of nitro groups is 1. The summed E-state index contributed by atoms with van der Waals surface area (Å²) in [6, 6.07) is 4.75. The maximum absolute atomic E-state index is 10.6. The number of aromatic nitrogens is 1. The van der Waals surface area contributed by atoms with E-state index in [4.69, 9.17) is 5.11 Å². The summed E-state index contributed by atoms with van der Waals surface area (Å²) in [5, 5.41) is 19.7. The Kier molecular flexibility index (Phi) is 2.32. The maximum atomic E-state index is 10.6. The van der Waals surface area contributed by atoms with Gasteiger partial charge in [-0.1, -0.05) is 6.07 Å². The van der Waals surface area contributed by atoms with Gasteiger partial charge in [0, 0.05) is 0 Å². The minimum Gasteiger partial charge on any atom is -0.481 e. The first-order valence-electron chi connectivity index (χ1n) is 4.54. The van der Waals surface area contributed by atoms with Crippen LogP contribution in [-0.2, 0) is 11.2 Å². The molecule has 6 heteroatoms. The molecule has 82 valence electrons. The van der Waals surface area contributed by atoms with E-state index in [0.29, 0.717) is 16.5 Å². The smallest absolute Gasteiger partial charge is 0.307 e. The lowest BCUT2D eigenvalue weighted by molar-refractivity contribution is -0.383. The molecule has 1 aromatic heterocycles. The van der Waals surface area contributed by atoms with Gasteiger partial charge in [-0.05, 0) is 17.7 Å². The van der Waals surface area contributed by atoms with Crippen molar-refractivity contribution in [1.82, 2.24) is 4.98 Å². The first-order valence-corrected chi connectivity index (χ1v) is 4.54. The van der Waals surface area contributed by atoms with E-state index >= 15 is 0 Å². The molecule has 2 rings (SSSR count). The zero-order valence-electron chi connectivity index (χ0n) is 8.14. The lowest BCUT2D eigenvalue weighted by Gasteiger charge is -1.96. The van der Waals surface area contributed by atoms with Gasteiger partial charge in [0.15, 0.2) is 0 Å². The molecule has 0 saturated heterocycles. The first kappa shape index (κ1) is 10.2. The summed E-state index contributed by atoms with van der Waals surface area (Å²) < 4.78 is 0. The molecule has 0 radical (unpaired) electrons. The van der Waals surface area contributed by atoms with Gasteiger partial charge in [0.2, 0.25) is 0 Å². The van der Waals surface area contributed by atoms with Crippen molar-refractivity contribution in [2.75, 3.05) is 0 Å². The molecule has 6 nitrogen and oxygen atoms in total. The Balaban J connectivity index is 2.49. The molecular formula is C10H8N2O4. The Morgan fingerprint density at radius 2 is 2.25 bits per heavy atom. The zero-order valence-corrected chi connectivity index (χ0v) is 8.14. The van der Waals surface area contributed by atoms with E-state index in [-0.39, 0.29) is 12.1 Å². The van der Waals surface area contributed by atoms with E-state index in [1.165, 1.54) is 6.20 Å². The topological polar surface area (TPSA) is 96.2 Å². The number of fused-ring (bicyclic) bond motifs is 1. The van der Waals surface area contributed by atoms with Crippen molar-refractivity contribution in [1.29, 1.82) is 0 Å². The Morgan fingerprint density at radius 3 is 2.88 bits per heavy atom. The summed E-state index contributed by atoms with van der Waals surface area (Å²) in [7, 11) is 0. The van der Waals surface area contributed by atoms with Crippen molar-refractivity contribution in [3.8, 4) is 0 Å². The highest BCUT2D eigenvalue weighted by molar-refractivity contribution is 5.89. The van der Waals surface area contributed by atoms with Gasteiger partial charge in [-0.15, -0.1) is 0 Å². The summed E-state index contributed by atoms with van der Waals surface area (Å²) in [6.07, 6.45) is 1.21. The molecule has 1 heterocycles. The largest absolute Gasteiger partial charge is 0.481 e. The standard InChI is InChI=1S/C10H8N2O4/c13-10(14)4-6-1-2-7-8(3-6)11-5-9(7)12(15)16/h1-3,5,11H,4H2,(H,13,14). The molecule has 0 bridgehead atoms. The number of rotatable bonds is 3. The van der Waals surface area contributed by atoms with Crippen LogP contribution in [0.25, 0.3) is 10.9 Å². The van der Waals surface area contributed by atoms with Gasteiger partial charge in [-0.2, -0.15) is 0 Å². The molecule has 0 amide bonds. The van der Waals surface area contributed by atoms with Gasteiger partial charge in [0.25, 0.3) is 5.69 Å². The van der Waals surface area contributed by atoms with E-state index in [2.05, 4.69) is 4.98 Å².